The van der Waals surface area contributed by atoms with Crippen LogP contribution in [-0.4, -0.2) is 32.9 Å². The third-order valence-corrected chi connectivity index (χ3v) is 4.25. The quantitative estimate of drug-likeness (QED) is 0.918. The van der Waals surface area contributed by atoms with Crippen LogP contribution in [0, 0.1) is 5.92 Å². The first-order valence-corrected chi connectivity index (χ1v) is 7.74. The van der Waals surface area contributed by atoms with Gasteiger partial charge in [-0.25, -0.2) is 0 Å². The molecule has 1 atom stereocenters. The van der Waals surface area contributed by atoms with Gasteiger partial charge in [0.25, 0.3) is 0 Å². The lowest BCUT2D eigenvalue weighted by molar-refractivity contribution is 0.316. The molecule has 1 saturated heterocycles. The summed E-state index contributed by atoms with van der Waals surface area (Å²) < 4.78 is 1.99. The van der Waals surface area contributed by atoms with Crippen molar-refractivity contribution < 1.29 is 5.11 Å². The Morgan fingerprint density at radius 2 is 2.05 bits per heavy atom. The van der Waals surface area contributed by atoms with Gasteiger partial charge in [-0.1, -0.05) is 12.1 Å². The highest BCUT2D eigenvalue weighted by molar-refractivity contribution is 5.26. The number of aromatic hydroxyl groups is 1. The predicted molar refractivity (Wildman–Crippen MR) is 83.1 cm³/mol. The summed E-state index contributed by atoms with van der Waals surface area (Å²) in [6.45, 7) is 6.37. The monoisotopic (exact) mass is 285 g/mol. The molecule has 1 aliphatic heterocycles. The fourth-order valence-corrected chi connectivity index (χ4v) is 3.11. The molecule has 1 N–H and O–H groups in total. The van der Waals surface area contributed by atoms with E-state index in [0.717, 1.165) is 32.0 Å². The number of rotatable bonds is 5. The van der Waals surface area contributed by atoms with E-state index >= 15 is 0 Å². The van der Waals surface area contributed by atoms with Gasteiger partial charge in [0, 0.05) is 31.4 Å². The first-order chi connectivity index (χ1) is 10.2. The molecule has 0 amide bonds. The largest absolute Gasteiger partial charge is 0.508 e. The van der Waals surface area contributed by atoms with Crippen LogP contribution in [0.15, 0.2) is 36.7 Å². The van der Waals surface area contributed by atoms with Gasteiger partial charge in [-0.2, -0.15) is 5.10 Å². The van der Waals surface area contributed by atoms with Crippen molar-refractivity contribution in [1.82, 2.24) is 14.7 Å². The molecule has 0 bridgehead atoms. The average Bonchev–Trinajstić information content (AvgIpc) is 3.11. The van der Waals surface area contributed by atoms with Crippen molar-refractivity contribution in [3.8, 4) is 5.75 Å². The Morgan fingerprint density at radius 3 is 2.76 bits per heavy atom. The average molecular weight is 285 g/mol. The molecule has 0 spiro atoms. The number of aryl methyl sites for hydroxylation is 1. The summed E-state index contributed by atoms with van der Waals surface area (Å²) in [6.07, 6.45) is 6.48. The fourth-order valence-electron chi connectivity index (χ4n) is 3.11. The number of benzene rings is 1. The van der Waals surface area contributed by atoms with E-state index in [9.17, 15) is 5.11 Å². The van der Waals surface area contributed by atoms with E-state index in [2.05, 4.69) is 23.1 Å². The number of nitrogens with zero attached hydrogens (tertiary/aromatic N) is 3. The molecule has 3 rings (SSSR count). The molecule has 21 heavy (non-hydrogen) atoms. The maximum atomic E-state index is 9.33. The fraction of sp³-hybridized carbons (Fsp3) is 0.471. The Labute approximate surface area is 126 Å². The molecule has 2 heterocycles. The molecule has 1 unspecified atom stereocenters. The molecule has 1 fully saturated rings. The lowest BCUT2D eigenvalue weighted by atomic mass is 9.99. The van der Waals surface area contributed by atoms with Crippen LogP contribution in [0.5, 0.6) is 5.75 Å². The Balaban J connectivity index is 1.52. The molecule has 112 valence electrons. The summed E-state index contributed by atoms with van der Waals surface area (Å²) in [5.74, 6) is 1.07. The van der Waals surface area contributed by atoms with Crippen LogP contribution < -0.4 is 0 Å². The van der Waals surface area contributed by atoms with Gasteiger partial charge in [0.05, 0.1) is 6.20 Å². The highest BCUT2D eigenvalue weighted by atomic mass is 16.3. The molecule has 4 nitrogen and oxygen atoms in total. The predicted octanol–water partition coefficient (Wildman–Crippen LogP) is 2.67. The Hall–Kier alpha value is -1.81. The highest BCUT2D eigenvalue weighted by Crippen LogP contribution is 2.23. The molecular formula is C17H23N3O. The Morgan fingerprint density at radius 1 is 1.24 bits per heavy atom. The maximum Gasteiger partial charge on any atom is 0.115 e. The van der Waals surface area contributed by atoms with Crippen molar-refractivity contribution in [3.63, 3.8) is 0 Å². The molecule has 0 aliphatic carbocycles. The second-order valence-corrected chi connectivity index (χ2v) is 5.96. The first-order valence-electron chi connectivity index (χ1n) is 7.74. The molecule has 1 aliphatic rings. The van der Waals surface area contributed by atoms with Gasteiger partial charge >= 0.3 is 0 Å². The third kappa shape index (κ3) is 3.64. The van der Waals surface area contributed by atoms with E-state index in [-0.39, 0.29) is 0 Å². The van der Waals surface area contributed by atoms with Crippen molar-refractivity contribution in [3.05, 3.63) is 47.8 Å². The smallest absolute Gasteiger partial charge is 0.115 e. The minimum absolute atomic E-state index is 0.347. The van der Waals surface area contributed by atoms with E-state index in [1.54, 1.807) is 12.1 Å². The van der Waals surface area contributed by atoms with Crippen LogP contribution in [-0.2, 0) is 19.5 Å². The summed E-state index contributed by atoms with van der Waals surface area (Å²) in [5.41, 5.74) is 2.63. The lowest BCUT2D eigenvalue weighted by Crippen LogP contribution is -2.20. The van der Waals surface area contributed by atoms with E-state index in [4.69, 9.17) is 0 Å². The standard InChI is InChI=1S/C17H23N3O/c1-2-20-13-16(10-18-20)12-19-8-7-15(11-19)9-14-3-5-17(21)6-4-14/h3-6,10,13,15,21H,2,7-9,11-12H2,1H3. The third-order valence-electron chi connectivity index (χ3n) is 4.25. The van der Waals surface area contributed by atoms with Crippen molar-refractivity contribution >= 4 is 0 Å². The molecule has 1 aromatic carbocycles. The molecule has 0 saturated carbocycles. The van der Waals surface area contributed by atoms with Gasteiger partial charge < -0.3 is 5.11 Å². The summed E-state index contributed by atoms with van der Waals surface area (Å²) in [6, 6.07) is 7.62. The van der Waals surface area contributed by atoms with Gasteiger partial charge in [0.2, 0.25) is 0 Å². The van der Waals surface area contributed by atoms with Crippen LogP contribution in [0.25, 0.3) is 0 Å². The van der Waals surface area contributed by atoms with Crippen LogP contribution in [0.4, 0.5) is 0 Å². The summed E-state index contributed by atoms with van der Waals surface area (Å²) in [7, 11) is 0. The SMILES string of the molecule is CCn1cc(CN2CCC(Cc3ccc(O)cc3)C2)cn1. The number of hydrogen-bond acceptors (Lipinski definition) is 3. The summed E-state index contributed by atoms with van der Waals surface area (Å²) in [4.78, 5) is 2.52. The second-order valence-electron chi connectivity index (χ2n) is 5.96. The Kier molecular flexibility index (Phi) is 4.25. The lowest BCUT2D eigenvalue weighted by Gasteiger charge is -2.15. The topological polar surface area (TPSA) is 41.3 Å². The summed E-state index contributed by atoms with van der Waals surface area (Å²) in [5, 5.41) is 13.7. The zero-order valence-corrected chi connectivity index (χ0v) is 12.6. The molecule has 2 aromatic rings. The zero-order chi connectivity index (χ0) is 14.7. The first kappa shape index (κ1) is 14.1. The van der Waals surface area contributed by atoms with Gasteiger partial charge in [-0.05, 0) is 49.9 Å². The molecule has 4 heteroatoms. The molecular weight excluding hydrogens is 262 g/mol. The van der Waals surface area contributed by atoms with Gasteiger partial charge in [0.1, 0.15) is 5.75 Å². The Bertz CT molecular complexity index is 576. The van der Waals surface area contributed by atoms with E-state index < -0.39 is 0 Å². The van der Waals surface area contributed by atoms with E-state index in [1.807, 2.05) is 23.0 Å². The van der Waals surface area contributed by atoms with Crippen LogP contribution in [0.1, 0.15) is 24.5 Å². The van der Waals surface area contributed by atoms with Crippen LogP contribution in [0.2, 0.25) is 0 Å². The minimum atomic E-state index is 0.347. The van der Waals surface area contributed by atoms with Gasteiger partial charge in [-0.3, -0.25) is 9.58 Å². The second kappa shape index (κ2) is 6.31. The zero-order valence-electron chi connectivity index (χ0n) is 12.6. The number of hydrogen-bond donors (Lipinski definition) is 1. The van der Waals surface area contributed by atoms with Gasteiger partial charge in [-0.15, -0.1) is 0 Å². The molecule has 1 aromatic heterocycles. The number of aromatic nitrogens is 2. The van der Waals surface area contributed by atoms with Crippen LogP contribution in [0.3, 0.4) is 0 Å². The number of phenolic OH excluding ortho intramolecular Hbond substituents is 1. The highest BCUT2D eigenvalue weighted by Gasteiger charge is 2.22. The summed E-state index contributed by atoms with van der Waals surface area (Å²) >= 11 is 0. The van der Waals surface area contributed by atoms with Crippen molar-refractivity contribution in [2.24, 2.45) is 5.92 Å². The van der Waals surface area contributed by atoms with E-state index in [0.29, 0.717) is 5.75 Å². The van der Waals surface area contributed by atoms with Crippen LogP contribution >= 0.6 is 0 Å². The van der Waals surface area contributed by atoms with Crippen molar-refractivity contribution in [2.45, 2.75) is 32.9 Å². The maximum absolute atomic E-state index is 9.33. The normalized spacial score (nSPS) is 19.2. The minimum Gasteiger partial charge on any atom is -0.508 e. The van der Waals surface area contributed by atoms with Gasteiger partial charge in [0.15, 0.2) is 0 Å². The van der Waals surface area contributed by atoms with E-state index in [1.165, 1.54) is 24.1 Å². The van der Waals surface area contributed by atoms with Crippen molar-refractivity contribution in [1.29, 1.82) is 0 Å². The molecule has 0 radical (unpaired) electrons. The van der Waals surface area contributed by atoms with Crippen molar-refractivity contribution in [2.75, 3.05) is 13.1 Å². The number of likely N-dealkylation sites (tertiary alicyclic amines) is 1. The number of phenols is 1.